The Morgan fingerprint density at radius 3 is 2.71 bits per heavy atom. The second kappa shape index (κ2) is 6.56. The fraction of sp³-hybridized carbons (Fsp3) is 0.250. The van der Waals surface area contributed by atoms with Crippen molar-refractivity contribution in [2.45, 2.75) is 12.6 Å². The molecule has 0 amide bonds. The maximum absolute atomic E-state index is 6.15. The van der Waals surface area contributed by atoms with Crippen LogP contribution in [-0.2, 0) is 6.54 Å². The van der Waals surface area contributed by atoms with Crippen LogP contribution in [0.3, 0.4) is 0 Å². The Hall–Kier alpha value is -1.42. The third kappa shape index (κ3) is 3.43. The van der Waals surface area contributed by atoms with Crippen LogP contribution in [0.2, 0.25) is 10.0 Å². The van der Waals surface area contributed by atoms with Crippen molar-refractivity contribution in [3.63, 3.8) is 0 Å². The number of fused-ring (bicyclic) bond motifs is 1. The molecule has 0 fully saturated rings. The van der Waals surface area contributed by atoms with Crippen molar-refractivity contribution in [3.05, 3.63) is 58.1 Å². The van der Waals surface area contributed by atoms with Gasteiger partial charge in [0.2, 0.25) is 0 Å². The van der Waals surface area contributed by atoms with Crippen LogP contribution in [0.15, 0.2) is 42.5 Å². The number of ether oxygens (including phenoxy) is 2. The zero-order valence-electron chi connectivity index (χ0n) is 11.3. The van der Waals surface area contributed by atoms with E-state index >= 15 is 0 Å². The van der Waals surface area contributed by atoms with Gasteiger partial charge in [-0.05, 0) is 23.8 Å². The molecule has 1 unspecified atom stereocenters. The second-order valence-corrected chi connectivity index (χ2v) is 5.63. The fourth-order valence-corrected chi connectivity index (χ4v) is 2.60. The number of rotatable bonds is 4. The van der Waals surface area contributed by atoms with Crippen LogP contribution >= 0.6 is 23.2 Å². The van der Waals surface area contributed by atoms with Gasteiger partial charge in [-0.25, -0.2) is 0 Å². The molecule has 3 nitrogen and oxygen atoms in total. The lowest BCUT2D eigenvalue weighted by Crippen LogP contribution is -2.38. The van der Waals surface area contributed by atoms with Gasteiger partial charge in [0.15, 0.2) is 11.5 Å². The molecule has 2 aromatic rings. The van der Waals surface area contributed by atoms with Gasteiger partial charge >= 0.3 is 0 Å². The number of nitrogens with one attached hydrogen (secondary N) is 1. The monoisotopic (exact) mass is 323 g/mol. The van der Waals surface area contributed by atoms with E-state index in [9.17, 15) is 0 Å². The standard InChI is InChI=1S/C16H15Cl2NO2/c17-13-5-3-4-11(16(13)18)8-19-9-12-10-20-14-6-1-2-7-15(14)21-12/h1-7,12,19H,8-10H2. The first-order chi connectivity index (χ1) is 10.2. The second-order valence-electron chi connectivity index (χ2n) is 4.84. The normalized spacial score (nSPS) is 16.8. The largest absolute Gasteiger partial charge is 0.486 e. The molecule has 0 aromatic heterocycles. The van der Waals surface area contributed by atoms with Gasteiger partial charge in [-0.15, -0.1) is 0 Å². The molecule has 0 radical (unpaired) electrons. The minimum absolute atomic E-state index is 0.0159. The molecule has 1 aliphatic rings. The molecule has 0 bridgehead atoms. The van der Waals surface area contributed by atoms with Gasteiger partial charge in [-0.3, -0.25) is 0 Å². The first kappa shape index (κ1) is 14.5. The Morgan fingerprint density at radius 1 is 1.05 bits per heavy atom. The summed E-state index contributed by atoms with van der Waals surface area (Å²) in [6, 6.07) is 13.3. The Balaban J connectivity index is 1.54. The lowest BCUT2D eigenvalue weighted by molar-refractivity contribution is 0.0902. The molecule has 21 heavy (non-hydrogen) atoms. The SMILES string of the molecule is Clc1cccc(CNCC2COc3ccccc3O2)c1Cl. The molecule has 110 valence electrons. The van der Waals surface area contributed by atoms with E-state index in [0.717, 1.165) is 17.1 Å². The molecule has 1 N–H and O–H groups in total. The van der Waals surface area contributed by atoms with Crippen molar-refractivity contribution in [2.75, 3.05) is 13.2 Å². The van der Waals surface area contributed by atoms with Crippen molar-refractivity contribution >= 4 is 23.2 Å². The van der Waals surface area contributed by atoms with Crippen molar-refractivity contribution in [2.24, 2.45) is 0 Å². The molecule has 0 saturated carbocycles. The maximum Gasteiger partial charge on any atom is 0.161 e. The van der Waals surface area contributed by atoms with Crippen LogP contribution in [-0.4, -0.2) is 19.3 Å². The highest BCUT2D eigenvalue weighted by Crippen LogP contribution is 2.30. The number of hydrogen-bond donors (Lipinski definition) is 1. The summed E-state index contributed by atoms with van der Waals surface area (Å²) < 4.78 is 11.5. The Morgan fingerprint density at radius 2 is 1.86 bits per heavy atom. The van der Waals surface area contributed by atoms with Gasteiger partial charge in [-0.2, -0.15) is 0 Å². The van der Waals surface area contributed by atoms with E-state index in [1.54, 1.807) is 6.07 Å². The van der Waals surface area contributed by atoms with E-state index in [1.165, 1.54) is 0 Å². The molecule has 1 aliphatic heterocycles. The zero-order chi connectivity index (χ0) is 14.7. The quantitative estimate of drug-likeness (QED) is 0.924. The third-order valence-corrected chi connectivity index (χ3v) is 4.14. The Labute approximate surface area is 133 Å². The number of para-hydroxylation sites is 2. The third-order valence-electron chi connectivity index (χ3n) is 3.29. The molecule has 3 rings (SSSR count). The van der Waals surface area contributed by atoms with E-state index in [2.05, 4.69) is 5.32 Å². The van der Waals surface area contributed by atoms with Crippen LogP contribution in [0.4, 0.5) is 0 Å². The van der Waals surface area contributed by atoms with Crippen LogP contribution in [0.5, 0.6) is 11.5 Å². The topological polar surface area (TPSA) is 30.5 Å². The Kier molecular flexibility index (Phi) is 4.54. The molecule has 1 atom stereocenters. The number of hydrogen-bond acceptors (Lipinski definition) is 3. The molecular formula is C16H15Cl2NO2. The molecule has 2 aromatic carbocycles. The average molecular weight is 324 g/mol. The van der Waals surface area contributed by atoms with Crippen LogP contribution in [0.1, 0.15) is 5.56 Å². The summed E-state index contributed by atoms with van der Waals surface area (Å²) in [5.74, 6) is 1.59. The minimum Gasteiger partial charge on any atom is -0.486 e. The predicted octanol–water partition coefficient (Wildman–Crippen LogP) is 3.92. The lowest BCUT2D eigenvalue weighted by Gasteiger charge is -2.26. The molecule has 0 aliphatic carbocycles. The highest BCUT2D eigenvalue weighted by molar-refractivity contribution is 6.42. The van der Waals surface area contributed by atoms with Gasteiger partial charge in [0.05, 0.1) is 10.0 Å². The maximum atomic E-state index is 6.15. The highest BCUT2D eigenvalue weighted by atomic mass is 35.5. The van der Waals surface area contributed by atoms with E-state index in [1.807, 2.05) is 36.4 Å². The van der Waals surface area contributed by atoms with Gasteiger partial charge in [-0.1, -0.05) is 47.5 Å². The van der Waals surface area contributed by atoms with E-state index in [0.29, 0.717) is 29.7 Å². The van der Waals surface area contributed by atoms with Crippen molar-refractivity contribution in [3.8, 4) is 11.5 Å². The first-order valence-corrected chi connectivity index (χ1v) is 7.52. The van der Waals surface area contributed by atoms with Crippen LogP contribution in [0, 0.1) is 0 Å². The van der Waals surface area contributed by atoms with Crippen molar-refractivity contribution in [1.82, 2.24) is 5.32 Å². The smallest absolute Gasteiger partial charge is 0.161 e. The summed E-state index contributed by atoms with van der Waals surface area (Å²) in [5, 5.41) is 4.49. The molecule has 0 saturated heterocycles. The zero-order valence-corrected chi connectivity index (χ0v) is 12.8. The van der Waals surface area contributed by atoms with Gasteiger partial charge < -0.3 is 14.8 Å². The lowest BCUT2D eigenvalue weighted by atomic mass is 10.2. The van der Waals surface area contributed by atoms with E-state index in [-0.39, 0.29) is 6.10 Å². The summed E-state index contributed by atoms with van der Waals surface area (Å²) in [4.78, 5) is 0. The van der Waals surface area contributed by atoms with Gasteiger partial charge in [0.1, 0.15) is 12.7 Å². The van der Waals surface area contributed by atoms with Crippen LogP contribution < -0.4 is 14.8 Å². The van der Waals surface area contributed by atoms with Crippen molar-refractivity contribution < 1.29 is 9.47 Å². The highest BCUT2D eigenvalue weighted by Gasteiger charge is 2.20. The Bertz CT molecular complexity index is 633. The summed E-state index contributed by atoms with van der Waals surface area (Å²) >= 11 is 12.1. The van der Waals surface area contributed by atoms with Gasteiger partial charge in [0.25, 0.3) is 0 Å². The van der Waals surface area contributed by atoms with Crippen LogP contribution in [0.25, 0.3) is 0 Å². The fourth-order valence-electron chi connectivity index (χ4n) is 2.22. The number of halogens is 2. The summed E-state index contributed by atoms with van der Waals surface area (Å²) in [6.45, 7) is 1.85. The molecule has 5 heteroatoms. The molecular weight excluding hydrogens is 309 g/mol. The summed E-state index contributed by atoms with van der Waals surface area (Å²) in [5.41, 5.74) is 0.973. The summed E-state index contributed by atoms with van der Waals surface area (Å²) in [6.07, 6.45) is -0.0159. The van der Waals surface area contributed by atoms with E-state index in [4.69, 9.17) is 32.7 Å². The average Bonchev–Trinajstić information content (AvgIpc) is 2.51. The predicted molar refractivity (Wildman–Crippen MR) is 84.5 cm³/mol. The number of benzene rings is 2. The first-order valence-electron chi connectivity index (χ1n) is 6.76. The minimum atomic E-state index is -0.0159. The van der Waals surface area contributed by atoms with E-state index < -0.39 is 0 Å². The van der Waals surface area contributed by atoms with Crippen molar-refractivity contribution in [1.29, 1.82) is 0 Å². The molecule has 0 spiro atoms. The summed E-state index contributed by atoms with van der Waals surface area (Å²) in [7, 11) is 0. The van der Waals surface area contributed by atoms with Gasteiger partial charge in [0, 0.05) is 13.1 Å². The molecule has 1 heterocycles.